The number of nitrogens with zero attached hydrogens (tertiary/aromatic N) is 2. The fourth-order valence-corrected chi connectivity index (χ4v) is 3.86. The van der Waals surface area contributed by atoms with Crippen molar-refractivity contribution in [3.05, 3.63) is 34.9 Å². The summed E-state index contributed by atoms with van der Waals surface area (Å²) in [4.78, 5) is 6.85. The van der Waals surface area contributed by atoms with Crippen LogP contribution in [0.2, 0.25) is 5.02 Å². The average Bonchev–Trinajstić information content (AvgIpc) is 3.30. The van der Waals surface area contributed by atoms with Crippen LogP contribution in [-0.2, 0) is 14.9 Å². The number of methoxy groups -OCH3 is 1. The van der Waals surface area contributed by atoms with E-state index in [4.69, 9.17) is 21.1 Å². The van der Waals surface area contributed by atoms with Crippen LogP contribution in [0.1, 0.15) is 24.8 Å². The smallest absolute Gasteiger partial charge is 0.193 e. The van der Waals surface area contributed by atoms with Gasteiger partial charge in [-0.05, 0) is 37.0 Å². The highest BCUT2D eigenvalue weighted by Gasteiger charge is 2.44. The number of nitrogens with one attached hydrogen (secondary N) is 1. The maximum atomic E-state index is 6.18. The van der Waals surface area contributed by atoms with Crippen LogP contribution in [0, 0.1) is 5.92 Å². The molecule has 7 heteroatoms. The summed E-state index contributed by atoms with van der Waals surface area (Å²) in [6, 6.07) is 8.27. The molecule has 1 saturated heterocycles. The summed E-state index contributed by atoms with van der Waals surface area (Å²) in [5.41, 5.74) is 1.54. The SMILES string of the molecule is CN=C(NCC1(c2cccc(Cl)c2)CC1)N1CCC(COCCOC)C1.I. The van der Waals surface area contributed by atoms with Crippen LogP contribution in [0.5, 0.6) is 0 Å². The summed E-state index contributed by atoms with van der Waals surface area (Å²) in [6.45, 7) is 5.06. The Balaban J connectivity index is 0.00000261. The maximum absolute atomic E-state index is 6.18. The van der Waals surface area contributed by atoms with E-state index in [-0.39, 0.29) is 29.4 Å². The van der Waals surface area contributed by atoms with Gasteiger partial charge in [0, 0.05) is 50.1 Å². The van der Waals surface area contributed by atoms with E-state index >= 15 is 0 Å². The molecule has 3 rings (SSSR count). The van der Waals surface area contributed by atoms with Gasteiger partial charge in [-0.15, -0.1) is 24.0 Å². The zero-order valence-corrected chi connectivity index (χ0v) is 19.3. The van der Waals surface area contributed by atoms with E-state index < -0.39 is 0 Å². The second kappa shape index (κ2) is 10.8. The number of ether oxygens (including phenoxy) is 2. The average molecular weight is 508 g/mol. The van der Waals surface area contributed by atoms with Crippen LogP contribution in [0.15, 0.2) is 29.3 Å². The Morgan fingerprint density at radius 2 is 2.19 bits per heavy atom. The lowest BCUT2D eigenvalue weighted by molar-refractivity contribution is 0.0536. The summed E-state index contributed by atoms with van der Waals surface area (Å²) in [5.74, 6) is 1.56. The first kappa shape index (κ1) is 22.7. The third kappa shape index (κ3) is 6.21. The molecule has 5 nitrogen and oxygen atoms in total. The van der Waals surface area contributed by atoms with Crippen molar-refractivity contribution >= 4 is 41.5 Å². The molecule has 0 aromatic heterocycles. The zero-order valence-electron chi connectivity index (χ0n) is 16.2. The maximum Gasteiger partial charge on any atom is 0.193 e. The van der Waals surface area contributed by atoms with Crippen LogP contribution in [-0.4, -0.2) is 64.5 Å². The first-order chi connectivity index (χ1) is 12.7. The summed E-state index contributed by atoms with van der Waals surface area (Å²) < 4.78 is 10.7. The fraction of sp³-hybridized carbons (Fsp3) is 0.650. The van der Waals surface area contributed by atoms with Crippen molar-refractivity contribution in [1.82, 2.24) is 10.2 Å². The molecular weight excluding hydrogens is 477 g/mol. The minimum Gasteiger partial charge on any atom is -0.382 e. The molecule has 1 unspecified atom stereocenters. The Morgan fingerprint density at radius 1 is 1.37 bits per heavy atom. The molecule has 1 aliphatic carbocycles. The number of likely N-dealkylation sites (tertiary alicyclic amines) is 1. The molecule has 0 amide bonds. The van der Waals surface area contributed by atoms with Gasteiger partial charge in [0.15, 0.2) is 5.96 Å². The van der Waals surface area contributed by atoms with Crippen LogP contribution in [0.3, 0.4) is 0 Å². The van der Waals surface area contributed by atoms with Gasteiger partial charge in [-0.25, -0.2) is 0 Å². The highest BCUT2D eigenvalue weighted by molar-refractivity contribution is 14.0. The van der Waals surface area contributed by atoms with Crippen LogP contribution >= 0.6 is 35.6 Å². The number of rotatable bonds is 8. The number of guanidine groups is 1. The molecule has 152 valence electrons. The Morgan fingerprint density at radius 3 is 2.85 bits per heavy atom. The highest BCUT2D eigenvalue weighted by atomic mass is 127. The third-order valence-electron chi connectivity index (χ3n) is 5.46. The van der Waals surface area contributed by atoms with E-state index in [0.717, 1.165) is 43.6 Å². The van der Waals surface area contributed by atoms with E-state index in [1.807, 2.05) is 19.2 Å². The van der Waals surface area contributed by atoms with E-state index in [9.17, 15) is 0 Å². The lowest BCUT2D eigenvalue weighted by Crippen LogP contribution is -2.43. The molecule has 1 heterocycles. The second-order valence-corrected chi connectivity index (χ2v) is 7.80. The number of hydrogen-bond acceptors (Lipinski definition) is 3. The summed E-state index contributed by atoms with van der Waals surface area (Å²) in [6.07, 6.45) is 3.55. The fourth-order valence-electron chi connectivity index (χ4n) is 3.67. The van der Waals surface area contributed by atoms with E-state index in [1.165, 1.54) is 18.4 Å². The molecule has 27 heavy (non-hydrogen) atoms. The predicted molar refractivity (Wildman–Crippen MR) is 122 cm³/mol. The van der Waals surface area contributed by atoms with Gasteiger partial charge in [0.2, 0.25) is 0 Å². The van der Waals surface area contributed by atoms with Gasteiger partial charge in [-0.3, -0.25) is 4.99 Å². The largest absolute Gasteiger partial charge is 0.382 e. The van der Waals surface area contributed by atoms with Crippen LogP contribution in [0.4, 0.5) is 0 Å². The first-order valence-corrected chi connectivity index (χ1v) is 9.83. The van der Waals surface area contributed by atoms with Crippen molar-refractivity contribution in [3.63, 3.8) is 0 Å². The topological polar surface area (TPSA) is 46.1 Å². The molecule has 1 aromatic carbocycles. The van der Waals surface area contributed by atoms with Crippen LogP contribution < -0.4 is 5.32 Å². The Hall–Kier alpha value is -0.570. The molecule has 0 radical (unpaired) electrons. The Kier molecular flexibility index (Phi) is 9.11. The van der Waals surface area contributed by atoms with Gasteiger partial charge in [0.05, 0.1) is 19.8 Å². The van der Waals surface area contributed by atoms with Crippen molar-refractivity contribution in [2.45, 2.75) is 24.7 Å². The summed E-state index contributed by atoms with van der Waals surface area (Å²) in [7, 11) is 3.57. The molecule has 1 atom stereocenters. The Labute approximate surface area is 184 Å². The van der Waals surface area contributed by atoms with E-state index in [0.29, 0.717) is 19.1 Å². The summed E-state index contributed by atoms with van der Waals surface area (Å²) in [5, 5.41) is 4.41. The van der Waals surface area contributed by atoms with Crippen LogP contribution in [0.25, 0.3) is 0 Å². The molecule has 1 saturated carbocycles. The molecule has 0 spiro atoms. The molecule has 2 fully saturated rings. The normalized spacial score (nSPS) is 21.1. The third-order valence-corrected chi connectivity index (χ3v) is 5.69. The van der Waals surface area contributed by atoms with Gasteiger partial charge in [0.1, 0.15) is 0 Å². The van der Waals surface area contributed by atoms with Gasteiger partial charge in [0.25, 0.3) is 0 Å². The minimum atomic E-state index is 0. The zero-order chi connectivity index (χ0) is 18.4. The highest BCUT2D eigenvalue weighted by Crippen LogP contribution is 2.48. The van der Waals surface area contributed by atoms with E-state index in [2.05, 4.69) is 27.3 Å². The number of benzene rings is 1. The quantitative estimate of drug-likeness (QED) is 0.253. The number of aliphatic imine (C=N–C) groups is 1. The molecule has 0 bridgehead atoms. The minimum absolute atomic E-state index is 0. The van der Waals surface area contributed by atoms with E-state index in [1.54, 1.807) is 7.11 Å². The van der Waals surface area contributed by atoms with Gasteiger partial charge < -0.3 is 19.7 Å². The van der Waals surface area contributed by atoms with Crippen molar-refractivity contribution < 1.29 is 9.47 Å². The number of halogens is 2. The molecule has 1 aromatic rings. The standard InChI is InChI=1S/C20H30ClN3O2.HI/c1-22-19(24-9-6-16(13-24)14-26-11-10-25-2)23-15-20(7-8-20)17-4-3-5-18(21)12-17;/h3-5,12,16H,6-11,13-15H2,1-2H3,(H,22,23);1H. The van der Waals surface area contributed by atoms with Gasteiger partial charge in [-0.2, -0.15) is 0 Å². The van der Waals surface area contributed by atoms with Crippen molar-refractivity contribution in [2.75, 3.05) is 53.6 Å². The first-order valence-electron chi connectivity index (χ1n) is 9.45. The summed E-state index contributed by atoms with van der Waals surface area (Å²) >= 11 is 6.18. The number of hydrogen-bond donors (Lipinski definition) is 1. The van der Waals surface area contributed by atoms with Crippen molar-refractivity contribution in [2.24, 2.45) is 10.9 Å². The van der Waals surface area contributed by atoms with Gasteiger partial charge in [-0.1, -0.05) is 23.7 Å². The van der Waals surface area contributed by atoms with Crippen molar-refractivity contribution in [3.8, 4) is 0 Å². The molecule has 1 N–H and O–H groups in total. The molecule has 1 aliphatic heterocycles. The monoisotopic (exact) mass is 507 g/mol. The molecular formula is C20H31ClIN3O2. The van der Waals surface area contributed by atoms with Crippen molar-refractivity contribution in [1.29, 1.82) is 0 Å². The lowest BCUT2D eigenvalue weighted by Gasteiger charge is -2.25. The lowest BCUT2D eigenvalue weighted by atomic mass is 9.96. The predicted octanol–water partition coefficient (Wildman–Crippen LogP) is 3.55. The molecule has 2 aliphatic rings. The van der Waals surface area contributed by atoms with Gasteiger partial charge >= 0.3 is 0 Å². The second-order valence-electron chi connectivity index (χ2n) is 7.36. The Bertz CT molecular complexity index is 625.